The van der Waals surface area contributed by atoms with Gasteiger partial charge in [0.1, 0.15) is 23.0 Å². The number of urea groups is 1. The zero-order valence-electron chi connectivity index (χ0n) is 17.5. The van der Waals surface area contributed by atoms with Crippen molar-refractivity contribution in [2.24, 2.45) is 0 Å². The second-order valence-corrected chi connectivity index (χ2v) is 7.67. The number of alkyl halides is 3. The van der Waals surface area contributed by atoms with E-state index in [1.807, 2.05) is 0 Å². The third-order valence-corrected chi connectivity index (χ3v) is 5.54. The lowest BCUT2D eigenvalue weighted by Gasteiger charge is -2.25. The zero-order chi connectivity index (χ0) is 24.6. The second-order valence-electron chi connectivity index (χ2n) is 7.67. The molecule has 1 atom stereocenters. The molecule has 2 aromatic heterocycles. The maximum Gasteiger partial charge on any atom is 0.421 e. The number of nitrogens with zero attached hydrogens (tertiary/aromatic N) is 2. The zero-order valence-corrected chi connectivity index (χ0v) is 17.5. The smallest absolute Gasteiger partial charge is 0.421 e. The number of hydrogen-bond donors (Lipinski definition) is 4. The first-order valence-electron chi connectivity index (χ1n) is 10.2. The van der Waals surface area contributed by atoms with Crippen LogP contribution in [0.2, 0.25) is 0 Å². The Labute approximate surface area is 190 Å². The number of carboxylic acid groups (broad SMARTS) is 1. The number of likely N-dealkylation sites (tertiary alicyclic amines) is 1. The fourth-order valence-electron chi connectivity index (χ4n) is 4.05. The molecule has 0 spiro atoms. The normalized spacial score (nSPS) is 16.0. The van der Waals surface area contributed by atoms with Crippen molar-refractivity contribution in [2.75, 3.05) is 17.2 Å². The van der Waals surface area contributed by atoms with Crippen molar-refractivity contribution in [3.8, 4) is 5.75 Å². The van der Waals surface area contributed by atoms with E-state index in [4.69, 9.17) is 0 Å². The third-order valence-electron chi connectivity index (χ3n) is 5.54. The fourth-order valence-corrected chi connectivity index (χ4v) is 4.05. The average Bonchev–Trinajstić information content (AvgIpc) is 3.38. The standard InChI is InChI=1S/C22H19F3N4O5/c23-22(24,25)18-12(5-3-8-17(18)30)26-19(31)15-7-4-10-29(15)21(34)27-13-11-16(20(32)33)28-9-2-1-6-14(13)28/h1-3,5-6,8-9,11,15,30H,4,7,10H2,(H,26,31)(H,27,34)(H,32,33)/t15-/m0/s1. The van der Waals surface area contributed by atoms with Crippen molar-refractivity contribution in [2.45, 2.75) is 25.1 Å². The van der Waals surface area contributed by atoms with Crippen LogP contribution in [-0.4, -0.2) is 50.0 Å². The summed E-state index contributed by atoms with van der Waals surface area (Å²) in [5.74, 6) is -3.07. The molecular formula is C22H19F3N4O5. The van der Waals surface area contributed by atoms with Gasteiger partial charge < -0.3 is 30.1 Å². The number of amides is 3. The molecule has 4 N–H and O–H groups in total. The Balaban J connectivity index is 1.55. The second kappa shape index (κ2) is 8.61. The SMILES string of the molecule is O=C(O)c1cc(NC(=O)N2CCC[C@H]2C(=O)Nc2cccc(O)c2C(F)(F)F)c2ccccn12. The number of nitrogens with one attached hydrogen (secondary N) is 2. The summed E-state index contributed by atoms with van der Waals surface area (Å²) in [4.78, 5) is 38.4. The van der Waals surface area contributed by atoms with Crippen LogP contribution in [0.3, 0.4) is 0 Å². The summed E-state index contributed by atoms with van der Waals surface area (Å²) in [6.07, 6.45) is -2.72. The fraction of sp³-hybridized carbons (Fsp3) is 0.227. The molecule has 0 bridgehead atoms. The number of rotatable bonds is 4. The van der Waals surface area contributed by atoms with Gasteiger partial charge in [0.25, 0.3) is 0 Å². The maximum absolute atomic E-state index is 13.3. The van der Waals surface area contributed by atoms with Gasteiger partial charge in [-0.3, -0.25) is 4.79 Å². The van der Waals surface area contributed by atoms with Crippen LogP contribution in [0.25, 0.3) is 5.52 Å². The molecule has 0 saturated carbocycles. The largest absolute Gasteiger partial charge is 0.507 e. The monoisotopic (exact) mass is 476 g/mol. The molecule has 1 aliphatic heterocycles. The van der Waals surface area contributed by atoms with Crippen LogP contribution in [0.15, 0.2) is 48.7 Å². The highest BCUT2D eigenvalue weighted by Gasteiger charge is 2.39. The summed E-state index contributed by atoms with van der Waals surface area (Å²) >= 11 is 0. The molecular weight excluding hydrogens is 457 g/mol. The minimum Gasteiger partial charge on any atom is -0.507 e. The Kier molecular flexibility index (Phi) is 5.82. The minimum absolute atomic E-state index is 0.0785. The van der Waals surface area contributed by atoms with Gasteiger partial charge in [-0.15, -0.1) is 0 Å². The van der Waals surface area contributed by atoms with Crippen LogP contribution in [0.1, 0.15) is 28.9 Å². The van der Waals surface area contributed by atoms with E-state index in [1.54, 1.807) is 18.2 Å². The van der Waals surface area contributed by atoms with E-state index in [0.717, 1.165) is 18.2 Å². The molecule has 9 nitrogen and oxygen atoms in total. The molecule has 1 saturated heterocycles. The maximum atomic E-state index is 13.3. The summed E-state index contributed by atoms with van der Waals surface area (Å²) in [5, 5.41) is 23.8. The number of hydrogen-bond acceptors (Lipinski definition) is 4. The molecule has 1 aliphatic rings. The number of carbonyl (C=O) groups excluding carboxylic acids is 2. The lowest BCUT2D eigenvalue weighted by molar-refractivity contribution is -0.138. The Morgan fingerprint density at radius 1 is 1.03 bits per heavy atom. The van der Waals surface area contributed by atoms with E-state index in [0.29, 0.717) is 11.9 Å². The summed E-state index contributed by atoms with van der Waals surface area (Å²) in [6, 6.07) is 7.46. The van der Waals surface area contributed by atoms with E-state index in [1.165, 1.54) is 21.6 Å². The van der Waals surface area contributed by atoms with E-state index >= 15 is 0 Å². The molecule has 3 heterocycles. The number of benzene rings is 1. The summed E-state index contributed by atoms with van der Waals surface area (Å²) in [5.41, 5.74) is -1.44. The molecule has 0 aliphatic carbocycles. The van der Waals surface area contributed by atoms with Gasteiger partial charge in [0.05, 0.1) is 16.9 Å². The molecule has 12 heteroatoms. The van der Waals surface area contributed by atoms with E-state index in [9.17, 15) is 37.8 Å². The average molecular weight is 476 g/mol. The van der Waals surface area contributed by atoms with Crippen LogP contribution in [0.4, 0.5) is 29.3 Å². The van der Waals surface area contributed by atoms with E-state index < -0.39 is 47.1 Å². The third kappa shape index (κ3) is 4.21. The highest BCUT2D eigenvalue weighted by molar-refractivity contribution is 6.02. The van der Waals surface area contributed by atoms with Crippen LogP contribution in [0, 0.1) is 0 Å². The van der Waals surface area contributed by atoms with Gasteiger partial charge in [0.15, 0.2) is 0 Å². The lowest BCUT2D eigenvalue weighted by Crippen LogP contribution is -2.45. The van der Waals surface area contributed by atoms with Crippen LogP contribution < -0.4 is 10.6 Å². The van der Waals surface area contributed by atoms with Gasteiger partial charge in [-0.2, -0.15) is 13.2 Å². The van der Waals surface area contributed by atoms with Gasteiger partial charge in [0.2, 0.25) is 5.91 Å². The molecule has 1 fully saturated rings. The van der Waals surface area contributed by atoms with E-state index in [2.05, 4.69) is 10.6 Å². The van der Waals surface area contributed by atoms with Crippen molar-refractivity contribution in [1.82, 2.24) is 9.30 Å². The number of carbonyl (C=O) groups is 3. The number of pyridine rings is 1. The first kappa shape index (κ1) is 23.0. The highest BCUT2D eigenvalue weighted by atomic mass is 19.4. The lowest BCUT2D eigenvalue weighted by atomic mass is 10.1. The molecule has 178 valence electrons. The van der Waals surface area contributed by atoms with Gasteiger partial charge in [-0.1, -0.05) is 12.1 Å². The molecule has 3 aromatic rings. The molecule has 4 rings (SSSR count). The molecule has 0 unspecified atom stereocenters. The minimum atomic E-state index is -4.90. The van der Waals surface area contributed by atoms with Crippen molar-refractivity contribution >= 4 is 34.8 Å². The predicted molar refractivity (Wildman–Crippen MR) is 115 cm³/mol. The topological polar surface area (TPSA) is 123 Å². The Bertz CT molecular complexity index is 1290. The number of aromatic carboxylic acids is 1. The highest BCUT2D eigenvalue weighted by Crippen LogP contribution is 2.41. The number of carboxylic acids is 1. The first-order chi connectivity index (χ1) is 16.1. The predicted octanol–water partition coefficient (Wildman–Crippen LogP) is 4.00. The van der Waals surface area contributed by atoms with Crippen LogP contribution in [-0.2, 0) is 11.0 Å². The number of phenols is 1. The number of aromatic nitrogens is 1. The number of phenolic OH excluding ortho intramolecular Hbond substituents is 1. The van der Waals surface area contributed by atoms with Gasteiger partial charge in [-0.05, 0) is 43.2 Å². The van der Waals surface area contributed by atoms with Gasteiger partial charge in [0, 0.05) is 12.7 Å². The van der Waals surface area contributed by atoms with Crippen molar-refractivity contribution in [1.29, 1.82) is 0 Å². The summed E-state index contributed by atoms with van der Waals surface area (Å²) in [7, 11) is 0. The first-order valence-corrected chi connectivity index (χ1v) is 10.2. The molecule has 3 amide bonds. The van der Waals surface area contributed by atoms with Crippen LogP contribution in [0.5, 0.6) is 5.75 Å². The van der Waals surface area contributed by atoms with Crippen LogP contribution >= 0.6 is 0 Å². The Morgan fingerprint density at radius 3 is 2.50 bits per heavy atom. The molecule has 34 heavy (non-hydrogen) atoms. The Hall–Kier alpha value is -4.22. The Morgan fingerprint density at radius 2 is 1.79 bits per heavy atom. The van der Waals surface area contributed by atoms with Crippen molar-refractivity contribution < 1.29 is 37.8 Å². The van der Waals surface area contributed by atoms with Gasteiger partial charge in [-0.25, -0.2) is 9.59 Å². The van der Waals surface area contributed by atoms with Gasteiger partial charge >= 0.3 is 18.2 Å². The number of aromatic hydroxyl groups is 1. The number of halogens is 3. The summed E-state index contributed by atoms with van der Waals surface area (Å²) in [6.45, 7) is 0.174. The summed E-state index contributed by atoms with van der Waals surface area (Å²) < 4.78 is 41.4. The number of anilines is 2. The van der Waals surface area contributed by atoms with Crippen molar-refractivity contribution in [3.63, 3.8) is 0 Å². The van der Waals surface area contributed by atoms with Crippen molar-refractivity contribution in [3.05, 3.63) is 59.9 Å². The quantitative estimate of drug-likeness (QED) is 0.453. The van der Waals surface area contributed by atoms with E-state index in [-0.39, 0.29) is 24.3 Å². The molecule has 1 aromatic carbocycles. The number of fused-ring (bicyclic) bond motifs is 1. The molecule has 0 radical (unpaired) electrons.